The Morgan fingerprint density at radius 3 is 3.04 bits per heavy atom. The van der Waals surface area contributed by atoms with E-state index in [2.05, 4.69) is 34.6 Å². The van der Waals surface area contributed by atoms with E-state index in [1.54, 1.807) is 6.07 Å². The molecule has 120 valence electrons. The van der Waals surface area contributed by atoms with Crippen LogP contribution in [0.5, 0.6) is 0 Å². The van der Waals surface area contributed by atoms with E-state index in [1.165, 1.54) is 11.1 Å². The van der Waals surface area contributed by atoms with Crippen molar-refractivity contribution in [3.8, 4) is 0 Å². The highest BCUT2D eigenvalue weighted by Crippen LogP contribution is 2.54. The molecule has 4 heteroatoms. The molecule has 3 aromatic rings. The Labute approximate surface area is 139 Å². The van der Waals surface area contributed by atoms with Gasteiger partial charge in [-0.3, -0.25) is 4.79 Å². The molecule has 0 aliphatic heterocycles. The molecule has 1 N–H and O–H groups in total. The Bertz CT molecular complexity index is 959. The zero-order valence-corrected chi connectivity index (χ0v) is 13.5. The number of aromatic nitrogens is 1. The highest BCUT2D eigenvalue weighted by Gasteiger charge is 2.54. The van der Waals surface area contributed by atoms with Crippen molar-refractivity contribution < 1.29 is 9.21 Å². The molecule has 2 heterocycles. The SMILES string of the molecule is Cc1ccc2oc(C(=O)NC3C4CCc5ccccc5C43)cc2n1. The molecule has 1 saturated carbocycles. The van der Waals surface area contributed by atoms with Gasteiger partial charge in [-0.2, -0.15) is 0 Å². The van der Waals surface area contributed by atoms with Gasteiger partial charge in [-0.1, -0.05) is 24.3 Å². The van der Waals surface area contributed by atoms with Crippen LogP contribution in [0.4, 0.5) is 0 Å². The van der Waals surface area contributed by atoms with Crippen LogP contribution in [0.3, 0.4) is 0 Å². The maximum Gasteiger partial charge on any atom is 0.287 e. The monoisotopic (exact) mass is 318 g/mol. The molecule has 2 aliphatic carbocycles. The first kappa shape index (κ1) is 13.8. The zero-order valence-electron chi connectivity index (χ0n) is 13.5. The number of aryl methyl sites for hydroxylation is 2. The molecule has 0 radical (unpaired) electrons. The summed E-state index contributed by atoms with van der Waals surface area (Å²) in [5.74, 6) is 1.24. The average Bonchev–Trinajstić information content (AvgIpc) is 3.12. The lowest BCUT2D eigenvalue weighted by atomic mass is 9.92. The minimum atomic E-state index is -0.137. The smallest absolute Gasteiger partial charge is 0.287 e. The van der Waals surface area contributed by atoms with Crippen molar-refractivity contribution in [1.82, 2.24) is 10.3 Å². The van der Waals surface area contributed by atoms with Gasteiger partial charge in [0, 0.05) is 23.7 Å². The lowest BCUT2D eigenvalue weighted by Gasteiger charge is -2.13. The van der Waals surface area contributed by atoms with Crippen molar-refractivity contribution in [3.63, 3.8) is 0 Å². The second kappa shape index (κ2) is 4.94. The summed E-state index contributed by atoms with van der Waals surface area (Å²) in [4.78, 5) is 17.0. The molecule has 4 nitrogen and oxygen atoms in total. The fourth-order valence-electron chi connectivity index (χ4n) is 4.12. The third-order valence-corrected chi connectivity index (χ3v) is 5.36. The van der Waals surface area contributed by atoms with Crippen LogP contribution in [0.15, 0.2) is 46.9 Å². The van der Waals surface area contributed by atoms with E-state index >= 15 is 0 Å². The van der Waals surface area contributed by atoms with Crippen LogP contribution >= 0.6 is 0 Å². The minimum Gasteiger partial charge on any atom is -0.449 e. The van der Waals surface area contributed by atoms with Gasteiger partial charge in [0.05, 0.1) is 0 Å². The number of pyridine rings is 1. The number of benzene rings is 1. The van der Waals surface area contributed by atoms with Gasteiger partial charge in [-0.15, -0.1) is 0 Å². The molecule has 5 rings (SSSR count). The van der Waals surface area contributed by atoms with Gasteiger partial charge >= 0.3 is 0 Å². The lowest BCUT2D eigenvalue weighted by Crippen LogP contribution is -2.27. The van der Waals surface area contributed by atoms with E-state index in [0.29, 0.717) is 23.2 Å². The molecule has 0 bridgehead atoms. The van der Waals surface area contributed by atoms with E-state index in [-0.39, 0.29) is 11.9 Å². The molecular formula is C20H18N2O2. The first-order chi connectivity index (χ1) is 11.7. The highest BCUT2D eigenvalue weighted by molar-refractivity contribution is 5.95. The molecule has 2 aliphatic rings. The predicted octanol–water partition coefficient (Wildman–Crippen LogP) is 3.59. The van der Waals surface area contributed by atoms with E-state index in [9.17, 15) is 4.79 Å². The minimum absolute atomic E-state index is 0.137. The summed E-state index contributed by atoms with van der Waals surface area (Å²) in [5, 5.41) is 3.17. The second-order valence-electron chi connectivity index (χ2n) is 6.87. The molecule has 2 aromatic heterocycles. The van der Waals surface area contributed by atoms with E-state index in [0.717, 1.165) is 24.1 Å². The van der Waals surface area contributed by atoms with E-state index in [1.807, 2.05) is 19.1 Å². The quantitative estimate of drug-likeness (QED) is 0.785. The van der Waals surface area contributed by atoms with Crippen LogP contribution in [-0.2, 0) is 6.42 Å². The standard InChI is InChI=1S/C20H18N2O2/c1-11-6-9-16-15(21-11)10-17(24-16)20(23)22-19-14-8-7-12-4-2-3-5-13(12)18(14)19/h2-6,9-10,14,18-19H,7-8H2,1H3,(H,22,23). The molecule has 3 unspecified atom stereocenters. The van der Waals surface area contributed by atoms with Crippen LogP contribution < -0.4 is 5.32 Å². The van der Waals surface area contributed by atoms with Crippen molar-refractivity contribution in [2.24, 2.45) is 5.92 Å². The maximum absolute atomic E-state index is 12.6. The second-order valence-corrected chi connectivity index (χ2v) is 6.87. The molecule has 1 amide bonds. The van der Waals surface area contributed by atoms with Crippen molar-refractivity contribution >= 4 is 17.0 Å². The Hall–Kier alpha value is -2.62. The molecule has 3 atom stereocenters. The number of nitrogens with one attached hydrogen (secondary N) is 1. The molecular weight excluding hydrogens is 300 g/mol. The summed E-state index contributed by atoms with van der Waals surface area (Å²) >= 11 is 0. The summed E-state index contributed by atoms with van der Waals surface area (Å²) in [6.45, 7) is 1.93. The van der Waals surface area contributed by atoms with Gasteiger partial charge in [0.1, 0.15) is 5.52 Å². The molecule has 0 saturated heterocycles. The van der Waals surface area contributed by atoms with Crippen LogP contribution in [0.1, 0.15) is 39.7 Å². The highest BCUT2D eigenvalue weighted by atomic mass is 16.3. The normalized spacial score (nSPS) is 24.3. The number of carbonyl (C=O) groups is 1. The molecule has 24 heavy (non-hydrogen) atoms. The van der Waals surface area contributed by atoms with Crippen LogP contribution in [0.2, 0.25) is 0 Å². The fraction of sp³-hybridized carbons (Fsp3) is 0.300. The topological polar surface area (TPSA) is 55.1 Å². The summed E-state index contributed by atoms with van der Waals surface area (Å²) in [7, 11) is 0. The first-order valence-electron chi connectivity index (χ1n) is 8.46. The Morgan fingerprint density at radius 2 is 2.12 bits per heavy atom. The van der Waals surface area contributed by atoms with Gasteiger partial charge in [0.25, 0.3) is 5.91 Å². The maximum atomic E-state index is 12.6. The molecule has 1 aromatic carbocycles. The van der Waals surface area contributed by atoms with Crippen molar-refractivity contribution in [2.45, 2.75) is 31.7 Å². The van der Waals surface area contributed by atoms with Gasteiger partial charge in [0.15, 0.2) is 11.3 Å². The largest absolute Gasteiger partial charge is 0.449 e. The number of rotatable bonds is 2. The third-order valence-electron chi connectivity index (χ3n) is 5.36. The third kappa shape index (κ3) is 2.06. The Kier molecular flexibility index (Phi) is 2.84. The first-order valence-corrected chi connectivity index (χ1v) is 8.46. The van der Waals surface area contributed by atoms with Crippen LogP contribution in [0.25, 0.3) is 11.1 Å². The Balaban J connectivity index is 1.38. The van der Waals surface area contributed by atoms with E-state index in [4.69, 9.17) is 4.42 Å². The number of nitrogens with zero attached hydrogens (tertiary/aromatic N) is 1. The van der Waals surface area contributed by atoms with Crippen molar-refractivity contribution in [2.75, 3.05) is 0 Å². The zero-order chi connectivity index (χ0) is 16.3. The number of hydrogen-bond acceptors (Lipinski definition) is 3. The van der Waals surface area contributed by atoms with Crippen LogP contribution in [0, 0.1) is 12.8 Å². The van der Waals surface area contributed by atoms with Gasteiger partial charge < -0.3 is 9.73 Å². The summed E-state index contributed by atoms with van der Waals surface area (Å²) in [5.41, 5.74) is 5.14. The van der Waals surface area contributed by atoms with Crippen molar-refractivity contribution in [1.29, 1.82) is 0 Å². The molecule has 0 spiro atoms. The van der Waals surface area contributed by atoms with Gasteiger partial charge in [-0.25, -0.2) is 4.98 Å². The summed E-state index contributed by atoms with van der Waals surface area (Å²) in [6, 6.07) is 14.3. The summed E-state index contributed by atoms with van der Waals surface area (Å²) in [6.07, 6.45) is 2.26. The number of hydrogen-bond donors (Lipinski definition) is 1. The van der Waals surface area contributed by atoms with Crippen LogP contribution in [-0.4, -0.2) is 16.9 Å². The Morgan fingerprint density at radius 1 is 1.25 bits per heavy atom. The number of furan rings is 1. The fourth-order valence-corrected chi connectivity index (χ4v) is 4.12. The number of carbonyl (C=O) groups excluding carboxylic acids is 1. The number of fused-ring (bicyclic) bond motifs is 4. The van der Waals surface area contributed by atoms with E-state index < -0.39 is 0 Å². The lowest BCUT2D eigenvalue weighted by molar-refractivity contribution is 0.0923. The van der Waals surface area contributed by atoms with Crippen molar-refractivity contribution in [3.05, 3.63) is 65.0 Å². The van der Waals surface area contributed by atoms with Gasteiger partial charge in [0.2, 0.25) is 0 Å². The average molecular weight is 318 g/mol. The molecule has 1 fully saturated rings. The summed E-state index contributed by atoms with van der Waals surface area (Å²) < 4.78 is 5.66. The van der Waals surface area contributed by atoms with Gasteiger partial charge in [-0.05, 0) is 48.9 Å². The number of amides is 1. The predicted molar refractivity (Wildman–Crippen MR) is 91.0 cm³/mol.